The Morgan fingerprint density at radius 3 is 2.39 bits per heavy atom. The molecule has 0 aromatic heterocycles. The topological polar surface area (TPSA) is 80.8 Å². The van der Waals surface area contributed by atoms with Crippen molar-refractivity contribution in [2.45, 2.75) is 39.1 Å². The molecule has 2 aliphatic rings. The molecule has 2 aromatic rings. The molecule has 4 rings (SSSR count). The minimum atomic E-state index is -0.570. The molecule has 0 bridgehead atoms. The highest BCUT2D eigenvalue weighted by molar-refractivity contribution is 5.68. The number of amides is 2. The number of benzene rings is 2. The Kier molecular flexibility index (Phi) is 8.93. The second-order valence-electron chi connectivity index (χ2n) is 10.4. The smallest absolute Gasteiger partial charge is 0.410 e. The Balaban J connectivity index is 1.23. The lowest BCUT2D eigenvalue weighted by Crippen LogP contribution is -2.49. The van der Waals surface area contributed by atoms with Gasteiger partial charge in [-0.2, -0.15) is 0 Å². The van der Waals surface area contributed by atoms with Gasteiger partial charge in [-0.15, -0.1) is 0 Å². The van der Waals surface area contributed by atoms with E-state index >= 15 is 0 Å². The van der Waals surface area contributed by atoms with Crippen LogP contribution < -0.4 is 9.64 Å². The highest BCUT2D eigenvalue weighted by atomic mass is 19.1. The molecule has 206 valence electrons. The van der Waals surface area contributed by atoms with Gasteiger partial charge in [0, 0.05) is 38.8 Å². The summed E-state index contributed by atoms with van der Waals surface area (Å²) < 4.78 is 37.3. The summed E-state index contributed by atoms with van der Waals surface area (Å²) in [5.41, 5.74) is 0.817. The molecule has 38 heavy (non-hydrogen) atoms. The van der Waals surface area contributed by atoms with Crippen LogP contribution in [-0.2, 0) is 20.8 Å². The minimum absolute atomic E-state index is 0.182. The van der Waals surface area contributed by atoms with Crippen LogP contribution in [0.25, 0.3) is 0 Å². The Morgan fingerprint density at radius 1 is 0.974 bits per heavy atom. The van der Waals surface area contributed by atoms with Gasteiger partial charge in [-0.25, -0.2) is 14.0 Å². The van der Waals surface area contributed by atoms with Gasteiger partial charge in [0.15, 0.2) is 0 Å². The largest absolute Gasteiger partial charge is 0.491 e. The average molecular weight is 530 g/mol. The minimum Gasteiger partial charge on any atom is -0.491 e. The van der Waals surface area contributed by atoms with E-state index in [1.807, 2.05) is 56.0 Å². The number of nitrogens with zero attached hydrogens (tertiary/aromatic N) is 3. The Hall–Kier alpha value is -3.53. The summed E-state index contributed by atoms with van der Waals surface area (Å²) in [5, 5.41) is 0. The van der Waals surface area contributed by atoms with Gasteiger partial charge >= 0.3 is 12.2 Å². The first-order valence-corrected chi connectivity index (χ1v) is 12.9. The number of rotatable bonds is 6. The van der Waals surface area contributed by atoms with Gasteiger partial charge in [0.1, 0.15) is 36.5 Å². The molecule has 2 aliphatic heterocycles. The normalized spacial score (nSPS) is 18.2. The fraction of sp³-hybridized carbons (Fsp3) is 0.500. The zero-order valence-corrected chi connectivity index (χ0v) is 22.2. The van der Waals surface area contributed by atoms with Crippen molar-refractivity contribution in [1.82, 2.24) is 9.80 Å². The predicted octanol–water partition coefficient (Wildman–Crippen LogP) is 4.30. The molecule has 1 atom stereocenters. The third kappa shape index (κ3) is 7.74. The molecule has 10 heteroatoms. The fourth-order valence-electron chi connectivity index (χ4n) is 4.28. The second-order valence-corrected chi connectivity index (χ2v) is 10.4. The number of anilines is 1. The number of hydrogen-bond acceptors (Lipinski definition) is 7. The van der Waals surface area contributed by atoms with Crippen molar-refractivity contribution in [2.24, 2.45) is 0 Å². The molecule has 0 radical (unpaired) electrons. The lowest BCUT2D eigenvalue weighted by Gasteiger charge is -2.35. The molecule has 2 saturated heterocycles. The van der Waals surface area contributed by atoms with E-state index in [1.165, 1.54) is 6.07 Å². The Labute approximate surface area is 223 Å². The number of morpholine rings is 1. The maximum Gasteiger partial charge on any atom is 0.410 e. The molecule has 1 unspecified atom stereocenters. The molecular formula is C28H36FN3O6. The zero-order valence-electron chi connectivity index (χ0n) is 22.2. The van der Waals surface area contributed by atoms with E-state index in [2.05, 4.69) is 0 Å². The van der Waals surface area contributed by atoms with Gasteiger partial charge in [0.2, 0.25) is 0 Å². The van der Waals surface area contributed by atoms with E-state index in [0.29, 0.717) is 57.3 Å². The molecular weight excluding hydrogens is 493 g/mol. The zero-order chi connectivity index (χ0) is 27.1. The fourth-order valence-corrected chi connectivity index (χ4v) is 4.28. The van der Waals surface area contributed by atoms with Gasteiger partial charge in [-0.1, -0.05) is 30.3 Å². The summed E-state index contributed by atoms with van der Waals surface area (Å²) in [6.45, 7) is 8.93. The van der Waals surface area contributed by atoms with Gasteiger partial charge in [-0.3, -0.25) is 0 Å². The van der Waals surface area contributed by atoms with Crippen molar-refractivity contribution in [1.29, 1.82) is 0 Å². The van der Waals surface area contributed by atoms with Crippen LogP contribution in [-0.4, -0.2) is 86.2 Å². The number of halogens is 1. The van der Waals surface area contributed by atoms with Crippen molar-refractivity contribution in [3.8, 4) is 5.75 Å². The second kappa shape index (κ2) is 12.3. The third-order valence-electron chi connectivity index (χ3n) is 6.23. The molecule has 0 spiro atoms. The molecule has 0 aliphatic carbocycles. The van der Waals surface area contributed by atoms with Crippen LogP contribution >= 0.6 is 0 Å². The van der Waals surface area contributed by atoms with E-state index in [4.69, 9.17) is 18.9 Å². The highest BCUT2D eigenvalue weighted by Crippen LogP contribution is 2.26. The summed E-state index contributed by atoms with van der Waals surface area (Å²) in [7, 11) is 0. The van der Waals surface area contributed by atoms with Crippen LogP contribution in [0.15, 0.2) is 48.5 Å². The van der Waals surface area contributed by atoms with Gasteiger partial charge in [0.05, 0.1) is 18.8 Å². The van der Waals surface area contributed by atoms with E-state index in [0.717, 1.165) is 5.56 Å². The Bertz CT molecular complexity index is 1090. The lowest BCUT2D eigenvalue weighted by atomic mass is 10.2. The molecule has 2 heterocycles. The van der Waals surface area contributed by atoms with Crippen LogP contribution in [0.5, 0.6) is 5.75 Å². The van der Waals surface area contributed by atoms with Gasteiger partial charge < -0.3 is 33.6 Å². The molecule has 0 saturated carbocycles. The summed E-state index contributed by atoms with van der Waals surface area (Å²) in [6, 6.07) is 14.3. The van der Waals surface area contributed by atoms with E-state index in [-0.39, 0.29) is 31.5 Å². The summed E-state index contributed by atoms with van der Waals surface area (Å²) in [6.07, 6.45) is -1.09. The molecule has 9 nitrogen and oxygen atoms in total. The van der Waals surface area contributed by atoms with Gasteiger partial charge in [0.25, 0.3) is 0 Å². The van der Waals surface area contributed by atoms with Crippen molar-refractivity contribution in [3.63, 3.8) is 0 Å². The van der Waals surface area contributed by atoms with E-state index in [1.54, 1.807) is 21.9 Å². The van der Waals surface area contributed by atoms with Gasteiger partial charge in [-0.05, 0) is 38.5 Å². The standard InChI is InChI=1S/C28H36FN3O6/c1-28(2,3)38-27(34)32-15-16-35-23(18-32)20-36-22-9-10-25(24(29)17-22)30-11-13-31(14-12-30)26(33)37-19-21-7-5-4-6-8-21/h4-10,17,23H,11-16,18-20H2,1-3H3. The Morgan fingerprint density at radius 2 is 1.71 bits per heavy atom. The number of carbonyl (C=O) groups is 2. The van der Waals surface area contributed by atoms with Crippen molar-refractivity contribution >= 4 is 17.9 Å². The summed E-state index contributed by atoms with van der Waals surface area (Å²) in [4.78, 5) is 29.9. The predicted molar refractivity (Wildman–Crippen MR) is 140 cm³/mol. The summed E-state index contributed by atoms with van der Waals surface area (Å²) in [5.74, 6) is -0.0186. The number of ether oxygens (including phenoxy) is 4. The van der Waals surface area contributed by atoms with Crippen LogP contribution in [0.3, 0.4) is 0 Å². The maximum absolute atomic E-state index is 15.0. The first-order valence-electron chi connectivity index (χ1n) is 12.9. The molecule has 0 N–H and O–H groups in total. The van der Waals surface area contributed by atoms with Crippen LogP contribution in [0.2, 0.25) is 0 Å². The highest BCUT2D eigenvalue weighted by Gasteiger charge is 2.29. The van der Waals surface area contributed by atoms with Crippen molar-refractivity contribution < 1.29 is 32.9 Å². The molecule has 2 amide bonds. The van der Waals surface area contributed by atoms with Crippen LogP contribution in [0.1, 0.15) is 26.3 Å². The monoisotopic (exact) mass is 529 g/mol. The average Bonchev–Trinajstić information content (AvgIpc) is 2.90. The molecule has 2 fully saturated rings. The number of hydrogen-bond donors (Lipinski definition) is 0. The van der Waals surface area contributed by atoms with E-state index < -0.39 is 11.4 Å². The third-order valence-corrected chi connectivity index (χ3v) is 6.23. The van der Waals surface area contributed by atoms with E-state index in [9.17, 15) is 14.0 Å². The van der Waals surface area contributed by atoms with Crippen molar-refractivity contribution in [3.05, 3.63) is 59.9 Å². The SMILES string of the molecule is CC(C)(C)OC(=O)N1CCOC(COc2ccc(N3CCN(C(=O)OCc4ccccc4)CC3)c(F)c2)C1. The van der Waals surface area contributed by atoms with Crippen LogP contribution in [0.4, 0.5) is 19.7 Å². The lowest BCUT2D eigenvalue weighted by molar-refractivity contribution is -0.0557. The number of piperazine rings is 1. The first kappa shape index (κ1) is 27.5. The quantitative estimate of drug-likeness (QED) is 0.552. The van der Waals surface area contributed by atoms with Crippen LogP contribution in [0, 0.1) is 5.82 Å². The maximum atomic E-state index is 15.0. The van der Waals surface area contributed by atoms with Crippen molar-refractivity contribution in [2.75, 3.05) is 57.4 Å². The first-order chi connectivity index (χ1) is 18.2. The summed E-state index contributed by atoms with van der Waals surface area (Å²) >= 11 is 0. The number of carbonyl (C=O) groups excluding carboxylic acids is 2. The molecule has 2 aromatic carbocycles.